The van der Waals surface area contributed by atoms with E-state index in [9.17, 15) is 4.79 Å². The zero-order valence-corrected chi connectivity index (χ0v) is 13.4. The summed E-state index contributed by atoms with van der Waals surface area (Å²) in [4.78, 5) is 14.5. The van der Waals surface area contributed by atoms with Crippen molar-refractivity contribution >= 4 is 5.91 Å². The largest absolute Gasteiger partial charge is 0.394 e. The predicted octanol–water partition coefficient (Wildman–Crippen LogP) is 1.77. The summed E-state index contributed by atoms with van der Waals surface area (Å²) in [7, 11) is 0. The number of nitriles is 1. The first-order valence-electron chi connectivity index (χ1n) is 8.15. The van der Waals surface area contributed by atoms with E-state index in [4.69, 9.17) is 10.4 Å². The highest BCUT2D eigenvalue weighted by Crippen LogP contribution is 2.26. The molecule has 124 valence electrons. The lowest BCUT2D eigenvalue weighted by atomic mass is 9.94. The first-order chi connectivity index (χ1) is 11.7. The summed E-state index contributed by atoms with van der Waals surface area (Å²) in [5, 5.41) is 22.3. The number of benzene rings is 1. The van der Waals surface area contributed by atoms with E-state index >= 15 is 0 Å². The van der Waals surface area contributed by atoms with E-state index in [2.05, 4.69) is 11.2 Å². The van der Waals surface area contributed by atoms with Crippen molar-refractivity contribution < 1.29 is 9.90 Å². The predicted molar refractivity (Wildman–Crippen MR) is 88.3 cm³/mol. The Morgan fingerprint density at radius 3 is 2.83 bits per heavy atom. The van der Waals surface area contributed by atoms with E-state index in [1.165, 1.54) is 0 Å². The Labute approximate surface area is 140 Å². The fourth-order valence-corrected chi connectivity index (χ4v) is 3.10. The van der Waals surface area contributed by atoms with E-state index in [0.29, 0.717) is 24.2 Å². The summed E-state index contributed by atoms with van der Waals surface area (Å²) in [5.74, 6) is 0.222. The lowest BCUT2D eigenvalue weighted by Gasteiger charge is -2.32. The molecular formula is C18H20N4O2. The van der Waals surface area contributed by atoms with Crippen LogP contribution in [0.2, 0.25) is 0 Å². The Kier molecular flexibility index (Phi) is 4.92. The Morgan fingerprint density at radius 2 is 2.12 bits per heavy atom. The monoisotopic (exact) mass is 324 g/mol. The minimum absolute atomic E-state index is 0.000944. The van der Waals surface area contributed by atoms with Gasteiger partial charge in [0.15, 0.2) is 0 Å². The number of hydrogen-bond donors (Lipinski definition) is 1. The van der Waals surface area contributed by atoms with Gasteiger partial charge in [-0.1, -0.05) is 0 Å². The molecule has 1 amide bonds. The topological polar surface area (TPSA) is 82.2 Å². The lowest BCUT2D eigenvalue weighted by Crippen LogP contribution is -2.39. The molecule has 0 saturated carbocycles. The summed E-state index contributed by atoms with van der Waals surface area (Å²) in [5.41, 5.74) is 2.14. The first-order valence-corrected chi connectivity index (χ1v) is 8.15. The van der Waals surface area contributed by atoms with Crippen LogP contribution in [-0.4, -0.2) is 45.4 Å². The molecule has 0 bridgehead atoms. The number of carbonyl (C=O) groups is 1. The second-order valence-electron chi connectivity index (χ2n) is 6.01. The summed E-state index contributed by atoms with van der Waals surface area (Å²) in [6.45, 7) is 1.94. The van der Waals surface area contributed by atoms with Crippen LogP contribution in [0.4, 0.5) is 0 Å². The van der Waals surface area contributed by atoms with Crippen molar-refractivity contribution in [1.82, 2.24) is 14.7 Å². The van der Waals surface area contributed by atoms with Gasteiger partial charge in [-0.2, -0.15) is 10.4 Å². The van der Waals surface area contributed by atoms with Crippen molar-refractivity contribution in [1.29, 1.82) is 5.26 Å². The standard InChI is InChI=1S/C18H20N4O2/c19-12-14-3-5-15(6-4-14)18(24)21-8-1-2-16(13-21)17-7-9-22(20-17)10-11-23/h3-7,9,16,23H,1-2,8,10-11,13H2. The molecular weight excluding hydrogens is 304 g/mol. The molecule has 1 saturated heterocycles. The van der Waals surface area contributed by atoms with E-state index in [1.54, 1.807) is 28.9 Å². The number of aromatic nitrogens is 2. The van der Waals surface area contributed by atoms with Crippen molar-refractivity contribution in [3.05, 3.63) is 53.3 Å². The molecule has 0 spiro atoms. The third-order valence-electron chi connectivity index (χ3n) is 4.38. The number of piperidine rings is 1. The number of aliphatic hydroxyl groups is 1. The van der Waals surface area contributed by atoms with Gasteiger partial charge in [0.2, 0.25) is 0 Å². The van der Waals surface area contributed by atoms with Crippen molar-refractivity contribution in [2.45, 2.75) is 25.3 Å². The van der Waals surface area contributed by atoms with Gasteiger partial charge in [0, 0.05) is 30.8 Å². The molecule has 1 unspecified atom stereocenters. The number of likely N-dealkylation sites (tertiary alicyclic amines) is 1. The number of amides is 1. The Bertz CT molecular complexity index is 745. The molecule has 3 rings (SSSR count). The fraction of sp³-hybridized carbons (Fsp3) is 0.389. The molecule has 2 heterocycles. The molecule has 6 heteroatoms. The molecule has 1 aliphatic rings. The van der Waals surface area contributed by atoms with Crippen molar-refractivity contribution in [2.24, 2.45) is 0 Å². The molecule has 24 heavy (non-hydrogen) atoms. The van der Waals surface area contributed by atoms with Crippen molar-refractivity contribution in [3.8, 4) is 6.07 Å². The smallest absolute Gasteiger partial charge is 0.253 e. The van der Waals surface area contributed by atoms with E-state index < -0.39 is 0 Å². The highest BCUT2D eigenvalue weighted by Gasteiger charge is 2.26. The average molecular weight is 324 g/mol. The van der Waals surface area contributed by atoms with Gasteiger partial charge < -0.3 is 10.0 Å². The molecule has 1 atom stereocenters. The molecule has 0 aliphatic carbocycles. The van der Waals surface area contributed by atoms with Crippen LogP contribution in [0.5, 0.6) is 0 Å². The molecule has 1 aliphatic heterocycles. The number of rotatable bonds is 4. The van der Waals surface area contributed by atoms with Gasteiger partial charge in [0.1, 0.15) is 0 Å². The van der Waals surface area contributed by atoms with Crippen LogP contribution in [0.1, 0.15) is 40.4 Å². The van der Waals surface area contributed by atoms with Crippen LogP contribution < -0.4 is 0 Å². The second-order valence-corrected chi connectivity index (χ2v) is 6.01. The maximum absolute atomic E-state index is 12.7. The van der Waals surface area contributed by atoms with E-state index in [1.807, 2.05) is 17.2 Å². The minimum Gasteiger partial charge on any atom is -0.394 e. The number of carbonyl (C=O) groups excluding carboxylic acids is 1. The molecule has 1 N–H and O–H groups in total. The number of aliphatic hydroxyl groups excluding tert-OH is 1. The Balaban J connectivity index is 1.69. The third-order valence-corrected chi connectivity index (χ3v) is 4.38. The summed E-state index contributed by atoms with van der Waals surface area (Å²) in [6, 6.07) is 10.8. The van der Waals surface area contributed by atoms with Gasteiger partial charge in [0.25, 0.3) is 5.91 Å². The van der Waals surface area contributed by atoms with Crippen LogP contribution in [0.15, 0.2) is 36.5 Å². The normalized spacial score (nSPS) is 17.5. The molecule has 1 aromatic heterocycles. The SMILES string of the molecule is N#Cc1ccc(C(=O)N2CCCC(c3ccn(CCO)n3)C2)cc1. The number of nitrogens with zero attached hydrogens (tertiary/aromatic N) is 4. The van der Waals surface area contributed by atoms with Gasteiger partial charge in [-0.05, 0) is 43.2 Å². The molecule has 6 nitrogen and oxygen atoms in total. The van der Waals surface area contributed by atoms with Crippen LogP contribution in [-0.2, 0) is 6.54 Å². The Morgan fingerprint density at radius 1 is 1.33 bits per heavy atom. The molecule has 1 fully saturated rings. The van der Waals surface area contributed by atoms with Crippen molar-refractivity contribution in [2.75, 3.05) is 19.7 Å². The number of hydrogen-bond acceptors (Lipinski definition) is 4. The van der Waals surface area contributed by atoms with E-state index in [0.717, 1.165) is 25.1 Å². The zero-order valence-electron chi connectivity index (χ0n) is 13.4. The lowest BCUT2D eigenvalue weighted by molar-refractivity contribution is 0.0705. The van der Waals surface area contributed by atoms with Crippen LogP contribution in [0.25, 0.3) is 0 Å². The maximum atomic E-state index is 12.7. The van der Waals surface area contributed by atoms with Crippen LogP contribution in [0.3, 0.4) is 0 Å². The van der Waals surface area contributed by atoms with E-state index in [-0.39, 0.29) is 18.4 Å². The molecule has 1 aromatic carbocycles. The van der Waals surface area contributed by atoms with Gasteiger partial charge in [0.05, 0.1) is 30.5 Å². The van der Waals surface area contributed by atoms with Crippen LogP contribution in [0, 0.1) is 11.3 Å². The zero-order chi connectivity index (χ0) is 16.9. The average Bonchev–Trinajstić information content (AvgIpc) is 3.10. The molecule has 2 aromatic rings. The Hall–Kier alpha value is -2.65. The summed E-state index contributed by atoms with van der Waals surface area (Å²) < 4.78 is 1.73. The third kappa shape index (κ3) is 3.47. The quantitative estimate of drug-likeness (QED) is 0.929. The summed E-state index contributed by atoms with van der Waals surface area (Å²) >= 11 is 0. The highest BCUT2D eigenvalue weighted by molar-refractivity contribution is 5.94. The van der Waals surface area contributed by atoms with Gasteiger partial charge >= 0.3 is 0 Å². The van der Waals surface area contributed by atoms with Crippen LogP contribution >= 0.6 is 0 Å². The second kappa shape index (κ2) is 7.28. The molecule has 0 radical (unpaired) electrons. The van der Waals surface area contributed by atoms with Gasteiger partial charge in [-0.25, -0.2) is 0 Å². The first kappa shape index (κ1) is 16.2. The summed E-state index contributed by atoms with van der Waals surface area (Å²) in [6.07, 6.45) is 3.82. The van der Waals surface area contributed by atoms with Crippen molar-refractivity contribution in [3.63, 3.8) is 0 Å². The van der Waals surface area contributed by atoms with Gasteiger partial charge in [-0.3, -0.25) is 9.48 Å². The minimum atomic E-state index is -0.000944. The highest BCUT2D eigenvalue weighted by atomic mass is 16.3. The van der Waals surface area contributed by atoms with Gasteiger partial charge in [-0.15, -0.1) is 0 Å². The fourth-order valence-electron chi connectivity index (χ4n) is 3.10. The maximum Gasteiger partial charge on any atom is 0.253 e.